The van der Waals surface area contributed by atoms with Crippen LogP contribution in [0, 0.1) is 19.7 Å². The number of aromatic carboxylic acids is 1. The molecule has 1 aromatic heterocycles. The number of nitrogens with one attached hydrogen (secondary N) is 1. The van der Waals surface area contributed by atoms with Crippen LogP contribution in [0.25, 0.3) is 10.9 Å². The van der Waals surface area contributed by atoms with Crippen LogP contribution in [-0.4, -0.2) is 15.6 Å². The Balaban J connectivity index is 1.75. The maximum atomic E-state index is 14.3. The van der Waals surface area contributed by atoms with E-state index in [0.29, 0.717) is 24.2 Å². The van der Waals surface area contributed by atoms with Gasteiger partial charge in [-0.2, -0.15) is 0 Å². The zero-order valence-corrected chi connectivity index (χ0v) is 17.7. The van der Waals surface area contributed by atoms with Crippen molar-refractivity contribution in [3.8, 4) is 0 Å². The first-order valence-electron chi connectivity index (χ1n) is 10.3. The summed E-state index contributed by atoms with van der Waals surface area (Å²) in [5.41, 5.74) is 5.55. The third kappa shape index (κ3) is 4.23. The second-order valence-electron chi connectivity index (χ2n) is 7.86. The average molecular weight is 416 g/mol. The molecule has 4 aromatic rings. The van der Waals surface area contributed by atoms with Crippen molar-refractivity contribution in [1.82, 2.24) is 9.88 Å². The van der Waals surface area contributed by atoms with Gasteiger partial charge in [-0.05, 0) is 42.7 Å². The van der Waals surface area contributed by atoms with Crippen molar-refractivity contribution in [2.24, 2.45) is 0 Å². The van der Waals surface area contributed by atoms with Gasteiger partial charge in [-0.25, -0.2) is 9.18 Å². The average Bonchev–Trinajstić information content (AvgIpc) is 3.04. The van der Waals surface area contributed by atoms with E-state index in [1.165, 1.54) is 17.2 Å². The van der Waals surface area contributed by atoms with Crippen LogP contribution in [0.5, 0.6) is 0 Å². The van der Waals surface area contributed by atoms with Gasteiger partial charge in [0, 0.05) is 35.1 Å². The van der Waals surface area contributed by atoms with Crippen molar-refractivity contribution in [1.29, 1.82) is 0 Å². The molecule has 0 aliphatic carbocycles. The minimum atomic E-state index is -1.02. The molecule has 158 valence electrons. The number of rotatable bonds is 7. The highest BCUT2D eigenvalue weighted by atomic mass is 19.1. The Morgan fingerprint density at radius 3 is 2.39 bits per heavy atom. The zero-order valence-electron chi connectivity index (χ0n) is 17.7. The van der Waals surface area contributed by atoms with E-state index in [1.54, 1.807) is 22.8 Å². The number of fused-ring (bicyclic) bond motifs is 1. The van der Waals surface area contributed by atoms with Crippen LogP contribution in [-0.2, 0) is 19.6 Å². The highest BCUT2D eigenvalue weighted by Gasteiger charge is 2.23. The summed E-state index contributed by atoms with van der Waals surface area (Å²) in [4.78, 5) is 12.3. The summed E-state index contributed by atoms with van der Waals surface area (Å²) >= 11 is 0. The van der Waals surface area contributed by atoms with Gasteiger partial charge in [-0.15, -0.1) is 0 Å². The van der Waals surface area contributed by atoms with Crippen LogP contribution < -0.4 is 5.32 Å². The maximum absolute atomic E-state index is 14.3. The molecular formula is C26H25FN2O2. The summed E-state index contributed by atoms with van der Waals surface area (Å²) in [5, 5.41) is 14.4. The number of aryl methyl sites for hydroxylation is 2. The van der Waals surface area contributed by atoms with E-state index >= 15 is 0 Å². The van der Waals surface area contributed by atoms with Gasteiger partial charge in [0.25, 0.3) is 0 Å². The number of halogens is 1. The second-order valence-corrected chi connectivity index (χ2v) is 7.86. The molecule has 0 amide bonds. The molecule has 0 unspecified atom stereocenters. The number of nitrogens with zero attached hydrogens (tertiary/aromatic N) is 1. The maximum Gasteiger partial charge on any atom is 0.352 e. The van der Waals surface area contributed by atoms with E-state index < -0.39 is 5.97 Å². The van der Waals surface area contributed by atoms with Crippen molar-refractivity contribution in [2.75, 3.05) is 0 Å². The lowest BCUT2D eigenvalue weighted by Gasteiger charge is -2.11. The van der Waals surface area contributed by atoms with Gasteiger partial charge in [0.2, 0.25) is 0 Å². The standard InChI is InChI=1S/C26H25FN2O2/c1-17-11-12-21-22(15-28-14-19-8-4-3-7-18(19)2)25(26(30)31)29(24(21)13-17)16-20-9-5-6-10-23(20)27/h3-13,28H,14-16H2,1-2H3,(H,30,31). The number of hydrogen-bond acceptors (Lipinski definition) is 2. The molecule has 0 spiro atoms. The summed E-state index contributed by atoms with van der Waals surface area (Å²) in [6, 6.07) is 20.5. The Labute approximate surface area is 181 Å². The monoisotopic (exact) mass is 416 g/mol. The van der Waals surface area contributed by atoms with E-state index in [9.17, 15) is 14.3 Å². The molecule has 0 radical (unpaired) electrons. The van der Waals surface area contributed by atoms with E-state index in [1.807, 2.05) is 37.3 Å². The van der Waals surface area contributed by atoms with Gasteiger partial charge in [-0.1, -0.05) is 54.6 Å². The molecule has 0 aliphatic heterocycles. The largest absolute Gasteiger partial charge is 0.477 e. The topological polar surface area (TPSA) is 54.3 Å². The van der Waals surface area contributed by atoms with Crippen molar-refractivity contribution in [2.45, 2.75) is 33.5 Å². The van der Waals surface area contributed by atoms with E-state index in [2.05, 4.69) is 24.4 Å². The number of carbonyl (C=O) groups is 1. The lowest BCUT2D eigenvalue weighted by Crippen LogP contribution is -2.17. The lowest BCUT2D eigenvalue weighted by atomic mass is 10.1. The molecule has 0 saturated heterocycles. The Bertz CT molecular complexity index is 1260. The van der Waals surface area contributed by atoms with Gasteiger partial charge < -0.3 is 15.0 Å². The van der Waals surface area contributed by atoms with Crippen LogP contribution >= 0.6 is 0 Å². The zero-order chi connectivity index (χ0) is 22.0. The fourth-order valence-electron chi connectivity index (χ4n) is 4.05. The van der Waals surface area contributed by atoms with Crippen molar-refractivity contribution < 1.29 is 14.3 Å². The minimum Gasteiger partial charge on any atom is -0.477 e. The molecule has 4 rings (SSSR count). The summed E-state index contributed by atoms with van der Waals surface area (Å²) in [6.45, 7) is 5.22. The Kier molecular flexibility index (Phi) is 5.87. The molecule has 0 atom stereocenters. The highest BCUT2D eigenvalue weighted by Crippen LogP contribution is 2.29. The van der Waals surface area contributed by atoms with Gasteiger partial charge in [0.1, 0.15) is 11.5 Å². The van der Waals surface area contributed by atoms with Gasteiger partial charge >= 0.3 is 5.97 Å². The van der Waals surface area contributed by atoms with Crippen LogP contribution in [0.1, 0.15) is 38.3 Å². The molecule has 4 nitrogen and oxygen atoms in total. The third-order valence-corrected chi connectivity index (χ3v) is 5.69. The number of benzene rings is 3. The van der Waals surface area contributed by atoms with Crippen molar-refractivity contribution in [3.63, 3.8) is 0 Å². The molecule has 31 heavy (non-hydrogen) atoms. The quantitative estimate of drug-likeness (QED) is 0.422. The van der Waals surface area contributed by atoms with Crippen LogP contribution in [0.4, 0.5) is 4.39 Å². The Morgan fingerprint density at radius 2 is 1.68 bits per heavy atom. The lowest BCUT2D eigenvalue weighted by molar-refractivity contribution is 0.0684. The molecule has 3 aromatic carbocycles. The number of carboxylic acid groups (broad SMARTS) is 1. The first kappa shape index (κ1) is 20.8. The molecule has 0 bridgehead atoms. The summed E-state index contributed by atoms with van der Waals surface area (Å²) < 4.78 is 16.1. The summed E-state index contributed by atoms with van der Waals surface area (Å²) in [7, 11) is 0. The summed E-state index contributed by atoms with van der Waals surface area (Å²) in [6.07, 6.45) is 0. The second kappa shape index (κ2) is 8.74. The predicted octanol–water partition coefficient (Wildman–Crippen LogP) is 5.43. The van der Waals surface area contributed by atoms with E-state index in [-0.39, 0.29) is 18.1 Å². The molecule has 2 N–H and O–H groups in total. The van der Waals surface area contributed by atoms with E-state index in [0.717, 1.165) is 16.5 Å². The minimum absolute atomic E-state index is 0.159. The number of aromatic nitrogens is 1. The number of carboxylic acids is 1. The first-order valence-corrected chi connectivity index (χ1v) is 10.3. The molecular weight excluding hydrogens is 391 g/mol. The van der Waals surface area contributed by atoms with Gasteiger partial charge in [0.05, 0.1) is 6.54 Å². The van der Waals surface area contributed by atoms with Crippen molar-refractivity contribution in [3.05, 3.63) is 106 Å². The molecule has 0 aliphatic rings. The Hall–Kier alpha value is -3.44. The fraction of sp³-hybridized carbons (Fsp3) is 0.192. The third-order valence-electron chi connectivity index (χ3n) is 5.69. The highest BCUT2D eigenvalue weighted by molar-refractivity contribution is 5.98. The summed E-state index contributed by atoms with van der Waals surface area (Å²) in [5.74, 6) is -1.36. The van der Waals surface area contributed by atoms with Crippen LogP contribution in [0.3, 0.4) is 0 Å². The molecule has 1 heterocycles. The fourth-order valence-corrected chi connectivity index (χ4v) is 4.05. The van der Waals surface area contributed by atoms with Crippen LogP contribution in [0.15, 0.2) is 66.7 Å². The smallest absolute Gasteiger partial charge is 0.352 e. The van der Waals surface area contributed by atoms with Gasteiger partial charge in [0.15, 0.2) is 0 Å². The van der Waals surface area contributed by atoms with Crippen molar-refractivity contribution >= 4 is 16.9 Å². The van der Waals surface area contributed by atoms with Crippen LogP contribution in [0.2, 0.25) is 0 Å². The Morgan fingerprint density at radius 1 is 0.968 bits per heavy atom. The van der Waals surface area contributed by atoms with E-state index in [4.69, 9.17) is 0 Å². The normalized spacial score (nSPS) is 11.2. The SMILES string of the molecule is Cc1ccc2c(CNCc3ccccc3C)c(C(=O)O)n(Cc3ccccc3F)c2c1. The van der Waals surface area contributed by atoms with Gasteiger partial charge in [-0.3, -0.25) is 0 Å². The molecule has 0 fully saturated rings. The number of hydrogen-bond donors (Lipinski definition) is 2. The molecule has 0 saturated carbocycles. The first-order chi connectivity index (χ1) is 15.0. The molecule has 5 heteroatoms. The predicted molar refractivity (Wildman–Crippen MR) is 121 cm³/mol.